The minimum absolute atomic E-state index is 0.0849. The molecule has 0 radical (unpaired) electrons. The molecule has 148 valence electrons. The topological polar surface area (TPSA) is 81.8 Å². The van der Waals surface area contributed by atoms with Crippen LogP contribution in [0.4, 0.5) is 0 Å². The van der Waals surface area contributed by atoms with Gasteiger partial charge in [-0.3, -0.25) is 14.4 Å². The van der Waals surface area contributed by atoms with Crippen molar-refractivity contribution in [3.8, 4) is 0 Å². The summed E-state index contributed by atoms with van der Waals surface area (Å²) in [5.74, 6) is -0.814. The number of aryl methyl sites for hydroxylation is 1. The van der Waals surface area contributed by atoms with E-state index in [9.17, 15) is 14.4 Å². The van der Waals surface area contributed by atoms with Gasteiger partial charge >= 0.3 is 5.97 Å². The maximum absolute atomic E-state index is 12.5. The van der Waals surface area contributed by atoms with Crippen LogP contribution in [0, 0.1) is 19.8 Å². The van der Waals surface area contributed by atoms with Crippen LogP contribution in [0.3, 0.4) is 0 Å². The zero-order chi connectivity index (χ0) is 20.3. The number of ether oxygens (including phenoxy) is 1. The van der Waals surface area contributed by atoms with E-state index in [1.807, 2.05) is 18.4 Å². The molecule has 0 aliphatic carbocycles. The van der Waals surface area contributed by atoms with Crippen molar-refractivity contribution in [3.63, 3.8) is 0 Å². The molecule has 7 heteroatoms. The minimum atomic E-state index is -0.566. The number of hydrogen-bond donors (Lipinski definition) is 0. The number of carbonyl (C=O) groups excluding carboxylic acids is 3. The van der Waals surface area contributed by atoms with Crippen LogP contribution >= 0.6 is 0 Å². The normalized spacial score (nSPS) is 16.4. The highest BCUT2D eigenvalue weighted by atomic mass is 16.5. The Hall–Kier alpha value is -3.09. The minimum Gasteiger partial charge on any atom is -0.467 e. The van der Waals surface area contributed by atoms with E-state index in [0.29, 0.717) is 24.4 Å². The van der Waals surface area contributed by atoms with Gasteiger partial charge in [0, 0.05) is 36.5 Å². The number of furan rings is 1. The summed E-state index contributed by atoms with van der Waals surface area (Å²) in [7, 11) is 0. The van der Waals surface area contributed by atoms with Crippen LogP contribution in [0.15, 0.2) is 41.5 Å². The van der Waals surface area contributed by atoms with Crippen molar-refractivity contribution in [2.24, 2.45) is 5.92 Å². The second kappa shape index (κ2) is 8.29. The van der Waals surface area contributed by atoms with Crippen molar-refractivity contribution in [1.82, 2.24) is 9.47 Å². The van der Waals surface area contributed by atoms with Crippen molar-refractivity contribution in [3.05, 3.63) is 59.8 Å². The first kappa shape index (κ1) is 19.7. The molecule has 0 unspecified atom stereocenters. The highest BCUT2D eigenvalue weighted by molar-refractivity contribution is 5.99. The fourth-order valence-electron chi connectivity index (χ4n) is 3.50. The average molecular weight is 384 g/mol. The number of hydrogen-bond acceptors (Lipinski definition) is 5. The summed E-state index contributed by atoms with van der Waals surface area (Å²) in [6.07, 6.45) is 3.39. The van der Waals surface area contributed by atoms with Gasteiger partial charge in [-0.05, 0) is 32.0 Å². The number of nitrogens with zero attached hydrogens (tertiary/aromatic N) is 2. The largest absolute Gasteiger partial charge is 0.467 e. The maximum Gasteiger partial charge on any atom is 0.311 e. The third kappa shape index (κ3) is 4.08. The molecule has 28 heavy (non-hydrogen) atoms. The molecule has 2 aromatic rings. The molecule has 0 bridgehead atoms. The Morgan fingerprint density at radius 1 is 1.39 bits per heavy atom. The predicted octanol–water partition coefficient (Wildman–Crippen LogP) is 2.66. The molecule has 1 fully saturated rings. The van der Waals surface area contributed by atoms with Crippen molar-refractivity contribution >= 4 is 17.7 Å². The Labute approximate surface area is 163 Å². The van der Waals surface area contributed by atoms with E-state index in [-0.39, 0.29) is 31.3 Å². The van der Waals surface area contributed by atoms with Crippen molar-refractivity contribution in [2.75, 3.05) is 13.2 Å². The summed E-state index contributed by atoms with van der Waals surface area (Å²) in [6, 6.07) is 5.32. The van der Waals surface area contributed by atoms with Gasteiger partial charge in [0.25, 0.3) is 0 Å². The molecule has 7 nitrogen and oxygen atoms in total. The zero-order valence-electron chi connectivity index (χ0n) is 16.1. The molecule has 0 N–H and O–H groups in total. The van der Waals surface area contributed by atoms with E-state index in [1.165, 1.54) is 0 Å². The van der Waals surface area contributed by atoms with Crippen LogP contribution in [-0.2, 0) is 27.4 Å². The van der Waals surface area contributed by atoms with Gasteiger partial charge in [-0.25, -0.2) is 0 Å². The van der Waals surface area contributed by atoms with Crippen LogP contribution in [0.5, 0.6) is 0 Å². The summed E-state index contributed by atoms with van der Waals surface area (Å²) in [6.45, 7) is 8.35. The first-order valence-electron chi connectivity index (χ1n) is 9.18. The summed E-state index contributed by atoms with van der Waals surface area (Å²) in [5, 5.41) is 0. The number of aromatic nitrogens is 1. The number of esters is 1. The van der Waals surface area contributed by atoms with Crippen molar-refractivity contribution in [2.45, 2.75) is 33.4 Å². The first-order valence-corrected chi connectivity index (χ1v) is 9.18. The van der Waals surface area contributed by atoms with Crippen LogP contribution < -0.4 is 0 Å². The van der Waals surface area contributed by atoms with E-state index in [4.69, 9.17) is 9.15 Å². The average Bonchev–Trinajstić information content (AvgIpc) is 3.37. The Morgan fingerprint density at radius 3 is 2.86 bits per heavy atom. The van der Waals surface area contributed by atoms with Gasteiger partial charge in [0.1, 0.15) is 5.76 Å². The van der Waals surface area contributed by atoms with Crippen molar-refractivity contribution < 1.29 is 23.5 Å². The quantitative estimate of drug-likeness (QED) is 0.397. The molecule has 2 aromatic heterocycles. The molecule has 3 rings (SSSR count). The lowest BCUT2D eigenvalue weighted by Crippen LogP contribution is -2.27. The monoisotopic (exact) mass is 384 g/mol. The van der Waals surface area contributed by atoms with Crippen LogP contribution in [0.25, 0.3) is 0 Å². The number of Topliss-reactive ketones (excluding diaryl/α,β-unsaturated/α-hetero) is 1. The van der Waals surface area contributed by atoms with Gasteiger partial charge in [-0.1, -0.05) is 6.08 Å². The third-order valence-electron chi connectivity index (χ3n) is 5.01. The first-order chi connectivity index (χ1) is 13.4. The standard InChI is InChI=1S/C21H24N2O5/c1-4-7-23-14(2)9-18(15(23)3)19(24)13-28-21(26)16-10-20(25)22(11-16)12-17-6-5-8-27-17/h4-6,8-9,16H,1,7,10-13H2,2-3H3/t16-/m0/s1. The smallest absolute Gasteiger partial charge is 0.311 e. The molecule has 1 amide bonds. The molecule has 3 heterocycles. The van der Waals surface area contributed by atoms with E-state index >= 15 is 0 Å². The lowest BCUT2D eigenvalue weighted by molar-refractivity contribution is -0.147. The van der Waals surface area contributed by atoms with Crippen LogP contribution in [0.1, 0.15) is 33.9 Å². The molecule has 1 atom stereocenters. The Bertz CT molecular complexity index is 894. The predicted molar refractivity (Wildman–Crippen MR) is 102 cm³/mol. The van der Waals surface area contributed by atoms with Gasteiger partial charge in [-0.15, -0.1) is 6.58 Å². The number of ketones is 1. The molecule has 1 saturated heterocycles. The fourth-order valence-corrected chi connectivity index (χ4v) is 3.50. The maximum atomic E-state index is 12.5. The van der Waals surface area contributed by atoms with Gasteiger partial charge < -0.3 is 18.6 Å². The third-order valence-corrected chi connectivity index (χ3v) is 5.01. The number of carbonyl (C=O) groups is 3. The fraction of sp³-hybridized carbons (Fsp3) is 0.381. The van der Waals surface area contributed by atoms with Gasteiger partial charge in [-0.2, -0.15) is 0 Å². The zero-order valence-corrected chi connectivity index (χ0v) is 16.1. The summed E-state index contributed by atoms with van der Waals surface area (Å²) < 4.78 is 12.4. The Morgan fingerprint density at radius 2 is 2.18 bits per heavy atom. The van der Waals surface area contributed by atoms with Gasteiger partial charge in [0.2, 0.25) is 11.7 Å². The van der Waals surface area contributed by atoms with Crippen molar-refractivity contribution in [1.29, 1.82) is 0 Å². The summed E-state index contributed by atoms with van der Waals surface area (Å²) >= 11 is 0. The molecular weight excluding hydrogens is 360 g/mol. The molecule has 0 saturated carbocycles. The number of allylic oxidation sites excluding steroid dienone is 1. The Kier molecular flexibility index (Phi) is 5.82. The van der Waals surface area contributed by atoms with E-state index in [2.05, 4.69) is 6.58 Å². The SMILES string of the molecule is C=CCn1c(C)cc(C(=O)COC(=O)[C@H]2CC(=O)N(Cc3ccco3)C2)c1C. The summed E-state index contributed by atoms with van der Waals surface area (Å²) in [4.78, 5) is 38.5. The number of amides is 1. The molecule has 0 aromatic carbocycles. The molecule has 1 aliphatic rings. The van der Waals surface area contributed by atoms with E-state index in [1.54, 1.807) is 35.4 Å². The Balaban J connectivity index is 1.55. The van der Waals surface area contributed by atoms with Crippen LogP contribution in [0.2, 0.25) is 0 Å². The second-order valence-electron chi connectivity index (χ2n) is 6.97. The van der Waals surface area contributed by atoms with Gasteiger partial charge in [0.05, 0.1) is 18.7 Å². The molecular formula is C21H24N2O5. The summed E-state index contributed by atoms with van der Waals surface area (Å²) in [5.41, 5.74) is 2.30. The number of likely N-dealkylation sites (tertiary alicyclic amines) is 1. The number of rotatable bonds is 8. The second-order valence-corrected chi connectivity index (χ2v) is 6.97. The lowest BCUT2D eigenvalue weighted by atomic mass is 10.1. The van der Waals surface area contributed by atoms with E-state index < -0.39 is 11.9 Å². The van der Waals surface area contributed by atoms with Crippen LogP contribution in [-0.4, -0.2) is 40.3 Å². The lowest BCUT2D eigenvalue weighted by Gasteiger charge is -2.14. The molecule has 0 spiro atoms. The highest BCUT2D eigenvalue weighted by Crippen LogP contribution is 2.22. The van der Waals surface area contributed by atoms with Gasteiger partial charge in [0.15, 0.2) is 6.61 Å². The highest BCUT2D eigenvalue weighted by Gasteiger charge is 2.36. The van der Waals surface area contributed by atoms with E-state index in [0.717, 1.165) is 11.4 Å². The molecule has 1 aliphatic heterocycles.